The topological polar surface area (TPSA) is 55.3 Å². The van der Waals surface area contributed by atoms with Crippen LogP contribution in [-0.4, -0.2) is 17.3 Å². The van der Waals surface area contributed by atoms with E-state index in [4.69, 9.17) is 0 Å². The minimum absolute atomic E-state index is 0.0430. The van der Waals surface area contributed by atoms with E-state index < -0.39 is 0 Å². The van der Waals surface area contributed by atoms with Gasteiger partial charge in [-0.1, -0.05) is 5.57 Å². The Bertz CT molecular complexity index is 189. The van der Waals surface area contributed by atoms with Crippen LogP contribution >= 0.6 is 0 Å². The molecular weight excluding hydrogens is 166 g/mol. The quantitative estimate of drug-likeness (QED) is 0.614. The molecule has 1 saturated carbocycles. The average Bonchev–Trinajstić information content (AvgIpc) is 2.08. The van der Waals surface area contributed by atoms with Crippen molar-refractivity contribution < 1.29 is 10.2 Å². The Labute approximate surface area is 79.5 Å². The number of hydrogen-bond acceptors (Lipinski definition) is 3. The largest absolute Gasteiger partial charge is 0.860 e. The van der Waals surface area contributed by atoms with E-state index >= 15 is 0 Å². The molecule has 0 heterocycles. The summed E-state index contributed by atoms with van der Waals surface area (Å²) in [6, 6.07) is 0.269. The van der Waals surface area contributed by atoms with E-state index in [1.807, 2.05) is 13.8 Å². The number of hydrogen-bond donors (Lipinski definition) is 2. The zero-order chi connectivity index (χ0) is 9.84. The number of nitrogens with one attached hydrogen (secondary N) is 1. The molecule has 3 heteroatoms. The van der Waals surface area contributed by atoms with E-state index in [0.717, 1.165) is 31.3 Å². The molecule has 0 saturated heterocycles. The molecule has 0 radical (unpaired) electrons. The summed E-state index contributed by atoms with van der Waals surface area (Å²) in [4.78, 5) is 0. The molecule has 0 amide bonds. The van der Waals surface area contributed by atoms with E-state index in [1.165, 1.54) is 0 Å². The van der Waals surface area contributed by atoms with E-state index in [1.54, 1.807) is 0 Å². The lowest BCUT2D eigenvalue weighted by atomic mass is 9.93. The standard InChI is InChI=1S/C10H19NO2/c1-7(2)10(13)11-8-3-5-9(12)6-4-8/h8-9,11-13H,3-6H2,1-2H3/p-1. The van der Waals surface area contributed by atoms with Crippen LogP contribution in [0.15, 0.2) is 11.5 Å². The van der Waals surface area contributed by atoms with Gasteiger partial charge in [-0.2, -0.15) is 0 Å². The Morgan fingerprint density at radius 1 is 1.23 bits per heavy atom. The molecule has 76 valence electrons. The third-order valence-corrected chi connectivity index (χ3v) is 2.49. The van der Waals surface area contributed by atoms with Crippen molar-refractivity contribution in [1.29, 1.82) is 0 Å². The summed E-state index contributed by atoms with van der Waals surface area (Å²) in [6.45, 7) is 3.63. The van der Waals surface area contributed by atoms with Gasteiger partial charge >= 0.3 is 0 Å². The van der Waals surface area contributed by atoms with Gasteiger partial charge in [0.15, 0.2) is 0 Å². The summed E-state index contributed by atoms with van der Waals surface area (Å²) in [7, 11) is 0. The van der Waals surface area contributed by atoms with Crippen molar-refractivity contribution in [2.45, 2.75) is 51.7 Å². The summed E-state index contributed by atoms with van der Waals surface area (Å²) in [6.07, 6.45) is 3.28. The predicted molar refractivity (Wildman–Crippen MR) is 49.8 cm³/mol. The molecular formula is C10H18NO2-. The van der Waals surface area contributed by atoms with Crippen molar-refractivity contribution in [3.8, 4) is 0 Å². The van der Waals surface area contributed by atoms with Crippen molar-refractivity contribution in [2.24, 2.45) is 0 Å². The molecule has 13 heavy (non-hydrogen) atoms. The molecule has 1 fully saturated rings. The van der Waals surface area contributed by atoms with Gasteiger partial charge in [-0.15, -0.1) is 0 Å². The van der Waals surface area contributed by atoms with Crippen LogP contribution in [0.4, 0.5) is 0 Å². The second-order valence-electron chi connectivity index (χ2n) is 3.98. The van der Waals surface area contributed by atoms with Crippen LogP contribution in [0.25, 0.3) is 0 Å². The fourth-order valence-electron chi connectivity index (χ4n) is 1.55. The number of aliphatic hydroxyl groups excluding tert-OH is 1. The fourth-order valence-corrected chi connectivity index (χ4v) is 1.55. The molecule has 0 aromatic rings. The molecule has 0 aliphatic heterocycles. The molecule has 0 aromatic heterocycles. The van der Waals surface area contributed by atoms with Crippen LogP contribution in [0.2, 0.25) is 0 Å². The van der Waals surface area contributed by atoms with Crippen LogP contribution in [0.3, 0.4) is 0 Å². The van der Waals surface area contributed by atoms with Crippen LogP contribution in [-0.2, 0) is 0 Å². The molecule has 1 rings (SSSR count). The van der Waals surface area contributed by atoms with Crippen LogP contribution in [0.5, 0.6) is 0 Å². The lowest BCUT2D eigenvalue weighted by Crippen LogP contribution is -2.38. The molecule has 0 unspecified atom stereocenters. The maximum Gasteiger partial charge on any atom is 0.0541 e. The van der Waals surface area contributed by atoms with Crippen LogP contribution < -0.4 is 10.4 Å². The predicted octanol–water partition coefficient (Wildman–Crippen LogP) is 0.491. The molecule has 0 atom stereocenters. The number of allylic oxidation sites excluding steroid dienone is 1. The van der Waals surface area contributed by atoms with Crippen molar-refractivity contribution in [3.05, 3.63) is 11.5 Å². The summed E-state index contributed by atoms with van der Waals surface area (Å²) >= 11 is 0. The van der Waals surface area contributed by atoms with E-state index in [9.17, 15) is 10.2 Å². The Morgan fingerprint density at radius 2 is 1.77 bits per heavy atom. The third-order valence-electron chi connectivity index (χ3n) is 2.49. The minimum Gasteiger partial charge on any atom is -0.860 e. The van der Waals surface area contributed by atoms with Gasteiger partial charge in [-0.05, 0) is 45.4 Å². The maximum absolute atomic E-state index is 11.3. The Balaban J connectivity index is 2.35. The zero-order valence-corrected chi connectivity index (χ0v) is 8.34. The fraction of sp³-hybridized carbons (Fsp3) is 0.800. The second kappa shape index (κ2) is 4.51. The van der Waals surface area contributed by atoms with Gasteiger partial charge in [0.25, 0.3) is 0 Å². The first kappa shape index (κ1) is 10.4. The first-order valence-electron chi connectivity index (χ1n) is 4.88. The van der Waals surface area contributed by atoms with Gasteiger partial charge < -0.3 is 15.5 Å². The third kappa shape index (κ3) is 3.27. The minimum atomic E-state index is -0.153. The molecule has 0 spiro atoms. The second-order valence-corrected chi connectivity index (χ2v) is 3.98. The smallest absolute Gasteiger partial charge is 0.0541 e. The molecule has 3 nitrogen and oxygen atoms in total. The highest BCUT2D eigenvalue weighted by Crippen LogP contribution is 2.18. The van der Waals surface area contributed by atoms with Gasteiger partial charge in [0.1, 0.15) is 0 Å². The summed E-state index contributed by atoms with van der Waals surface area (Å²) in [5, 5.41) is 23.5. The molecule has 2 N–H and O–H groups in total. The maximum atomic E-state index is 11.3. The van der Waals surface area contributed by atoms with Gasteiger partial charge in [0.2, 0.25) is 0 Å². The monoisotopic (exact) mass is 184 g/mol. The van der Waals surface area contributed by atoms with E-state index in [-0.39, 0.29) is 18.0 Å². The normalized spacial score (nSPS) is 28.2. The van der Waals surface area contributed by atoms with Gasteiger partial charge in [0, 0.05) is 6.04 Å². The Kier molecular flexibility index (Phi) is 3.60. The van der Waals surface area contributed by atoms with Gasteiger partial charge in [0.05, 0.1) is 6.10 Å². The number of rotatable bonds is 2. The first-order valence-corrected chi connectivity index (χ1v) is 4.88. The van der Waals surface area contributed by atoms with Gasteiger partial charge in [-0.3, -0.25) is 0 Å². The Morgan fingerprint density at radius 3 is 2.23 bits per heavy atom. The molecule has 1 aliphatic carbocycles. The lowest BCUT2D eigenvalue weighted by Gasteiger charge is -2.30. The first-order chi connectivity index (χ1) is 6.09. The summed E-state index contributed by atoms with van der Waals surface area (Å²) < 4.78 is 0. The van der Waals surface area contributed by atoms with Crippen molar-refractivity contribution in [1.82, 2.24) is 5.32 Å². The van der Waals surface area contributed by atoms with Crippen molar-refractivity contribution >= 4 is 0 Å². The Hall–Kier alpha value is -0.700. The van der Waals surface area contributed by atoms with Crippen LogP contribution in [0.1, 0.15) is 39.5 Å². The summed E-state index contributed by atoms with van der Waals surface area (Å²) in [5.74, 6) is 0.0430. The molecule has 0 aromatic carbocycles. The zero-order valence-electron chi connectivity index (χ0n) is 8.34. The lowest BCUT2D eigenvalue weighted by molar-refractivity contribution is -0.315. The van der Waals surface area contributed by atoms with Crippen LogP contribution in [0, 0.1) is 0 Å². The number of aliphatic hydroxyl groups is 1. The molecule has 1 aliphatic rings. The van der Waals surface area contributed by atoms with Crippen molar-refractivity contribution in [2.75, 3.05) is 0 Å². The summed E-state index contributed by atoms with van der Waals surface area (Å²) in [5.41, 5.74) is 0.797. The van der Waals surface area contributed by atoms with Crippen molar-refractivity contribution in [3.63, 3.8) is 0 Å². The van der Waals surface area contributed by atoms with E-state index in [2.05, 4.69) is 5.32 Å². The van der Waals surface area contributed by atoms with E-state index in [0.29, 0.717) is 0 Å². The highest BCUT2D eigenvalue weighted by atomic mass is 16.3. The highest BCUT2D eigenvalue weighted by Gasteiger charge is 2.18. The highest BCUT2D eigenvalue weighted by molar-refractivity contribution is 4.99. The average molecular weight is 184 g/mol. The molecule has 0 bridgehead atoms. The van der Waals surface area contributed by atoms with Gasteiger partial charge in [-0.25, -0.2) is 0 Å². The SMILES string of the molecule is CC(C)=C([O-])NC1CCC(O)CC1.